The van der Waals surface area contributed by atoms with Crippen LogP contribution in [0, 0.1) is 0 Å². The largest absolute Gasteiger partial charge is 0.451 e. The van der Waals surface area contributed by atoms with Gasteiger partial charge in [0.1, 0.15) is 17.1 Å². The summed E-state index contributed by atoms with van der Waals surface area (Å²) in [5.74, 6) is 0.389. The molecule has 0 spiro atoms. The minimum Gasteiger partial charge on any atom is -0.451 e. The summed E-state index contributed by atoms with van der Waals surface area (Å²) < 4.78 is 7.12. The van der Waals surface area contributed by atoms with Gasteiger partial charge in [-0.05, 0) is 29.5 Å². The van der Waals surface area contributed by atoms with Crippen LogP contribution in [0.3, 0.4) is 0 Å². The van der Waals surface area contributed by atoms with E-state index in [2.05, 4.69) is 20.4 Å². The molecule has 9 heteroatoms. The third-order valence-corrected chi connectivity index (χ3v) is 5.81. The van der Waals surface area contributed by atoms with Gasteiger partial charge in [0.05, 0.1) is 10.6 Å². The number of carbonyl (C=O) groups excluding carboxylic acids is 1. The van der Waals surface area contributed by atoms with Crippen molar-refractivity contribution in [2.75, 3.05) is 5.32 Å². The number of nitrogens with zero attached hydrogens (tertiary/aromatic N) is 3. The van der Waals surface area contributed by atoms with Gasteiger partial charge >= 0.3 is 0 Å². The van der Waals surface area contributed by atoms with Crippen molar-refractivity contribution < 1.29 is 9.21 Å². The maximum atomic E-state index is 13.0. The summed E-state index contributed by atoms with van der Waals surface area (Å²) in [5.41, 5.74) is 1.62. The Kier molecular flexibility index (Phi) is 4.95. The molecule has 0 aliphatic heterocycles. The first-order chi connectivity index (χ1) is 15.5. The standard InChI is InChI=1S/C23H19N5O3S/c1-13(2)15-12-21(29)26-23(24-15)28-20(11-16(27-28)19-8-5-9-32-19)25-22(30)18-10-14-6-3-4-7-17(14)31-18/h3-13H,1-2H3,(H,25,30)(H,24,26,29). The van der Waals surface area contributed by atoms with Gasteiger partial charge in [-0.1, -0.05) is 38.1 Å². The van der Waals surface area contributed by atoms with Crippen LogP contribution in [-0.2, 0) is 0 Å². The number of anilines is 1. The van der Waals surface area contributed by atoms with Gasteiger partial charge < -0.3 is 9.73 Å². The number of amides is 1. The van der Waals surface area contributed by atoms with E-state index in [-0.39, 0.29) is 23.2 Å². The Morgan fingerprint density at radius 1 is 1.16 bits per heavy atom. The molecule has 0 radical (unpaired) electrons. The molecule has 5 rings (SSSR count). The lowest BCUT2D eigenvalue weighted by atomic mass is 10.1. The van der Waals surface area contributed by atoms with Gasteiger partial charge in [-0.2, -0.15) is 9.78 Å². The van der Waals surface area contributed by atoms with Crippen LogP contribution < -0.4 is 10.9 Å². The first kappa shape index (κ1) is 20.0. The predicted molar refractivity (Wildman–Crippen MR) is 124 cm³/mol. The third-order valence-electron chi connectivity index (χ3n) is 4.92. The monoisotopic (exact) mass is 445 g/mol. The molecule has 0 bridgehead atoms. The van der Waals surface area contributed by atoms with E-state index in [1.807, 2.05) is 49.6 Å². The first-order valence-corrected chi connectivity index (χ1v) is 10.9. The van der Waals surface area contributed by atoms with Crippen LogP contribution in [0.1, 0.15) is 36.0 Å². The molecule has 8 nitrogen and oxygen atoms in total. The minimum atomic E-state index is -0.428. The first-order valence-electron chi connectivity index (χ1n) is 10.0. The van der Waals surface area contributed by atoms with Gasteiger partial charge in [-0.25, -0.2) is 4.98 Å². The Bertz CT molecular complexity index is 1440. The number of aromatic amines is 1. The minimum absolute atomic E-state index is 0.0527. The predicted octanol–water partition coefficient (Wildman–Crippen LogP) is 4.81. The van der Waals surface area contributed by atoms with Crippen molar-refractivity contribution in [2.24, 2.45) is 0 Å². The van der Waals surface area contributed by atoms with E-state index in [1.54, 1.807) is 18.2 Å². The molecule has 4 aromatic heterocycles. The number of H-pyrrole nitrogens is 1. The number of thiophene rings is 1. The summed E-state index contributed by atoms with van der Waals surface area (Å²) >= 11 is 1.52. The molecule has 4 heterocycles. The summed E-state index contributed by atoms with van der Waals surface area (Å²) in [6.07, 6.45) is 0. The van der Waals surface area contributed by atoms with Gasteiger partial charge in [-0.15, -0.1) is 11.3 Å². The Balaban J connectivity index is 1.58. The van der Waals surface area contributed by atoms with Gasteiger partial charge in [0.25, 0.3) is 11.5 Å². The summed E-state index contributed by atoms with van der Waals surface area (Å²) in [7, 11) is 0. The van der Waals surface area contributed by atoms with Crippen LogP contribution in [0.4, 0.5) is 5.82 Å². The zero-order valence-corrected chi connectivity index (χ0v) is 18.1. The number of hydrogen-bond donors (Lipinski definition) is 2. The van der Waals surface area contributed by atoms with Crippen molar-refractivity contribution in [1.29, 1.82) is 0 Å². The van der Waals surface area contributed by atoms with Gasteiger partial charge in [0.2, 0.25) is 5.95 Å². The highest BCUT2D eigenvalue weighted by Crippen LogP contribution is 2.28. The smallest absolute Gasteiger partial charge is 0.292 e. The lowest BCUT2D eigenvalue weighted by molar-refractivity contribution is 0.0998. The number of furan rings is 1. The van der Waals surface area contributed by atoms with E-state index < -0.39 is 5.91 Å². The number of hydrogen-bond acceptors (Lipinski definition) is 6. The molecule has 0 aliphatic carbocycles. The molecule has 0 atom stereocenters. The zero-order chi connectivity index (χ0) is 22.2. The highest BCUT2D eigenvalue weighted by molar-refractivity contribution is 7.13. The Morgan fingerprint density at radius 3 is 2.75 bits per heavy atom. The number of rotatable bonds is 5. The van der Waals surface area contributed by atoms with Gasteiger partial charge in [-0.3, -0.25) is 14.6 Å². The Hall–Kier alpha value is -3.98. The second-order valence-corrected chi connectivity index (χ2v) is 8.50. The maximum Gasteiger partial charge on any atom is 0.292 e. The third kappa shape index (κ3) is 3.74. The molecule has 0 fully saturated rings. The van der Waals surface area contributed by atoms with Crippen molar-refractivity contribution in [1.82, 2.24) is 19.7 Å². The van der Waals surface area contributed by atoms with Crippen LogP contribution in [0.25, 0.3) is 27.5 Å². The van der Waals surface area contributed by atoms with Crippen molar-refractivity contribution >= 4 is 34.0 Å². The van der Waals surface area contributed by atoms with Gasteiger partial charge in [0, 0.05) is 17.5 Å². The number of carbonyl (C=O) groups is 1. The molecule has 32 heavy (non-hydrogen) atoms. The fourth-order valence-corrected chi connectivity index (χ4v) is 3.99. The zero-order valence-electron chi connectivity index (χ0n) is 17.3. The molecule has 0 saturated carbocycles. The topological polar surface area (TPSA) is 106 Å². The number of benzene rings is 1. The molecule has 0 unspecified atom stereocenters. The lowest BCUT2D eigenvalue weighted by Gasteiger charge is -2.09. The van der Waals surface area contributed by atoms with Crippen molar-refractivity contribution in [3.05, 3.63) is 81.8 Å². The summed E-state index contributed by atoms with van der Waals surface area (Å²) in [5, 5.41) is 10.2. The number of nitrogens with one attached hydrogen (secondary N) is 2. The molecule has 1 amide bonds. The summed E-state index contributed by atoms with van der Waals surface area (Å²) in [6.45, 7) is 3.91. The van der Waals surface area contributed by atoms with Crippen LogP contribution in [-0.4, -0.2) is 25.7 Å². The number of aromatic nitrogens is 4. The molecular weight excluding hydrogens is 426 g/mol. The SMILES string of the molecule is CC(C)c1cc(=O)[nH]c(-n2nc(-c3cccs3)cc2NC(=O)c2cc3ccccc3o2)n1. The quantitative estimate of drug-likeness (QED) is 0.404. The summed E-state index contributed by atoms with van der Waals surface area (Å²) in [4.78, 5) is 33.4. The number of fused-ring (bicyclic) bond motifs is 1. The average Bonchev–Trinajstić information content (AvgIpc) is 3.52. The molecular formula is C23H19N5O3S. The van der Waals surface area contributed by atoms with Crippen molar-refractivity contribution in [3.8, 4) is 16.5 Å². The molecule has 2 N–H and O–H groups in total. The molecule has 1 aromatic carbocycles. The second kappa shape index (κ2) is 7.93. The van der Waals surface area contributed by atoms with E-state index in [0.29, 0.717) is 22.8 Å². The van der Waals surface area contributed by atoms with Gasteiger partial charge in [0.15, 0.2) is 5.76 Å². The molecule has 5 aromatic rings. The second-order valence-electron chi connectivity index (χ2n) is 7.56. The average molecular weight is 446 g/mol. The fraction of sp³-hybridized carbons (Fsp3) is 0.130. The van der Waals surface area contributed by atoms with E-state index in [9.17, 15) is 9.59 Å². The van der Waals surface area contributed by atoms with E-state index in [0.717, 1.165) is 10.3 Å². The molecule has 160 valence electrons. The lowest BCUT2D eigenvalue weighted by Crippen LogP contribution is -2.19. The van der Waals surface area contributed by atoms with Crippen LogP contribution in [0.2, 0.25) is 0 Å². The normalized spacial score (nSPS) is 11.3. The highest BCUT2D eigenvalue weighted by atomic mass is 32.1. The van der Waals surface area contributed by atoms with E-state index in [1.165, 1.54) is 22.1 Å². The van der Waals surface area contributed by atoms with E-state index in [4.69, 9.17) is 4.42 Å². The van der Waals surface area contributed by atoms with E-state index >= 15 is 0 Å². The molecule has 0 saturated heterocycles. The molecule has 0 aliphatic rings. The fourth-order valence-electron chi connectivity index (χ4n) is 3.31. The summed E-state index contributed by atoms with van der Waals surface area (Å²) in [6, 6.07) is 16.2. The van der Waals surface area contributed by atoms with Crippen LogP contribution in [0.5, 0.6) is 0 Å². The highest BCUT2D eigenvalue weighted by Gasteiger charge is 2.19. The number of para-hydroxylation sites is 1. The maximum absolute atomic E-state index is 13.0. The Labute approximate surface area is 186 Å². The van der Waals surface area contributed by atoms with Crippen molar-refractivity contribution in [3.63, 3.8) is 0 Å². The Morgan fingerprint density at radius 2 is 2.00 bits per heavy atom. The van der Waals surface area contributed by atoms with Crippen LogP contribution in [0.15, 0.2) is 69.2 Å². The van der Waals surface area contributed by atoms with Crippen LogP contribution >= 0.6 is 11.3 Å². The van der Waals surface area contributed by atoms with Crippen molar-refractivity contribution in [2.45, 2.75) is 19.8 Å².